The second-order valence-corrected chi connectivity index (χ2v) is 10.1. The first kappa shape index (κ1) is 24.7. The summed E-state index contributed by atoms with van der Waals surface area (Å²) in [5.74, 6) is 1.67. The Morgan fingerprint density at radius 1 is 1.08 bits per heavy atom. The van der Waals surface area contributed by atoms with Crippen molar-refractivity contribution in [3.05, 3.63) is 77.4 Å². The fourth-order valence-corrected chi connectivity index (χ4v) is 5.34. The number of fused-ring (bicyclic) bond motifs is 1. The van der Waals surface area contributed by atoms with E-state index in [-0.39, 0.29) is 25.0 Å². The predicted octanol–water partition coefficient (Wildman–Crippen LogP) is 5.20. The molecular formula is C28H27N3O5S. The molecule has 5 rings (SSSR count). The molecule has 2 aliphatic rings. The number of benzene rings is 3. The number of amidine groups is 1. The molecule has 3 aromatic rings. The molecule has 1 N–H and O–H groups in total. The van der Waals surface area contributed by atoms with Crippen LogP contribution in [-0.2, 0) is 16.1 Å². The monoisotopic (exact) mass is 517 g/mol. The van der Waals surface area contributed by atoms with Crippen LogP contribution >= 0.6 is 11.8 Å². The summed E-state index contributed by atoms with van der Waals surface area (Å²) in [7, 11) is 1.60. The smallest absolute Gasteiger partial charge is 0.242 e. The Morgan fingerprint density at radius 3 is 2.62 bits per heavy atom. The molecule has 9 heteroatoms. The van der Waals surface area contributed by atoms with Crippen molar-refractivity contribution in [2.75, 3.05) is 19.2 Å². The number of thioether (sulfide) groups is 1. The lowest BCUT2D eigenvalue weighted by atomic mass is 10.1. The van der Waals surface area contributed by atoms with Crippen LogP contribution in [0.2, 0.25) is 0 Å². The first-order chi connectivity index (χ1) is 17.9. The zero-order chi connectivity index (χ0) is 25.9. The Bertz CT molecular complexity index is 1370. The van der Waals surface area contributed by atoms with E-state index in [1.807, 2.05) is 74.5 Å². The van der Waals surface area contributed by atoms with Crippen LogP contribution in [0.5, 0.6) is 17.2 Å². The van der Waals surface area contributed by atoms with E-state index in [9.17, 15) is 9.59 Å². The van der Waals surface area contributed by atoms with Crippen LogP contribution in [0.1, 0.15) is 23.1 Å². The van der Waals surface area contributed by atoms with Crippen LogP contribution in [0.3, 0.4) is 0 Å². The van der Waals surface area contributed by atoms with Crippen molar-refractivity contribution in [1.82, 2.24) is 4.90 Å². The van der Waals surface area contributed by atoms with Crippen molar-refractivity contribution >= 4 is 40.1 Å². The number of ether oxygens (including phenoxy) is 3. The van der Waals surface area contributed by atoms with Crippen LogP contribution in [0, 0.1) is 13.8 Å². The SMILES string of the molecule is COc1ccc(N=C2SC(CC(=O)Nc3ccc(C)cc3C)C(=O)N2Cc2ccc3c(c2)OCO3)cc1. The zero-order valence-electron chi connectivity index (χ0n) is 20.8. The van der Waals surface area contributed by atoms with E-state index in [1.54, 1.807) is 12.0 Å². The topological polar surface area (TPSA) is 89.5 Å². The molecule has 2 heterocycles. The molecule has 3 aromatic carbocycles. The van der Waals surface area contributed by atoms with Gasteiger partial charge in [0, 0.05) is 12.1 Å². The number of methoxy groups -OCH3 is 1. The maximum Gasteiger partial charge on any atom is 0.242 e. The fourth-order valence-electron chi connectivity index (χ4n) is 4.18. The summed E-state index contributed by atoms with van der Waals surface area (Å²) in [6.45, 7) is 4.43. The number of hydrogen-bond acceptors (Lipinski definition) is 7. The number of nitrogens with one attached hydrogen (secondary N) is 1. The van der Waals surface area contributed by atoms with Gasteiger partial charge in [-0.2, -0.15) is 0 Å². The van der Waals surface area contributed by atoms with Gasteiger partial charge in [0.2, 0.25) is 18.6 Å². The molecule has 37 heavy (non-hydrogen) atoms. The van der Waals surface area contributed by atoms with Gasteiger partial charge in [-0.15, -0.1) is 0 Å². The van der Waals surface area contributed by atoms with Crippen molar-refractivity contribution in [2.24, 2.45) is 4.99 Å². The number of carbonyl (C=O) groups excluding carboxylic acids is 2. The Morgan fingerprint density at radius 2 is 1.86 bits per heavy atom. The van der Waals surface area contributed by atoms with Crippen LogP contribution in [0.15, 0.2) is 65.7 Å². The van der Waals surface area contributed by atoms with Gasteiger partial charge >= 0.3 is 0 Å². The van der Waals surface area contributed by atoms with Crippen LogP contribution in [0.25, 0.3) is 0 Å². The van der Waals surface area contributed by atoms with Gasteiger partial charge in [-0.25, -0.2) is 4.99 Å². The predicted molar refractivity (Wildman–Crippen MR) is 144 cm³/mol. The van der Waals surface area contributed by atoms with E-state index >= 15 is 0 Å². The number of hydrogen-bond donors (Lipinski definition) is 1. The average molecular weight is 518 g/mol. The summed E-state index contributed by atoms with van der Waals surface area (Å²) in [5, 5.41) is 2.90. The summed E-state index contributed by atoms with van der Waals surface area (Å²) >= 11 is 1.30. The molecule has 2 amide bonds. The summed E-state index contributed by atoms with van der Waals surface area (Å²) in [6, 6.07) is 18.7. The fraction of sp³-hybridized carbons (Fsp3) is 0.250. The first-order valence-electron chi connectivity index (χ1n) is 11.9. The van der Waals surface area contributed by atoms with Crippen LogP contribution in [-0.4, -0.2) is 41.0 Å². The van der Waals surface area contributed by atoms with E-state index in [4.69, 9.17) is 19.2 Å². The number of aryl methyl sites for hydroxylation is 2. The lowest BCUT2D eigenvalue weighted by Gasteiger charge is -2.17. The van der Waals surface area contributed by atoms with E-state index in [0.717, 1.165) is 28.1 Å². The van der Waals surface area contributed by atoms with Gasteiger partial charge in [-0.3, -0.25) is 14.5 Å². The van der Waals surface area contributed by atoms with Gasteiger partial charge in [-0.05, 0) is 67.4 Å². The number of amides is 2. The maximum absolute atomic E-state index is 13.5. The molecule has 0 bridgehead atoms. The third-order valence-electron chi connectivity index (χ3n) is 6.12. The molecule has 8 nitrogen and oxygen atoms in total. The third-order valence-corrected chi connectivity index (χ3v) is 7.30. The number of aliphatic imine (C=N–C) groups is 1. The average Bonchev–Trinajstić information content (AvgIpc) is 3.46. The molecule has 1 saturated heterocycles. The van der Waals surface area contributed by atoms with Gasteiger partial charge in [-0.1, -0.05) is 35.5 Å². The molecule has 0 aromatic heterocycles. The number of anilines is 1. The lowest BCUT2D eigenvalue weighted by Crippen LogP contribution is -2.33. The quantitative estimate of drug-likeness (QED) is 0.463. The number of rotatable bonds is 7. The van der Waals surface area contributed by atoms with Crippen molar-refractivity contribution in [2.45, 2.75) is 32.1 Å². The first-order valence-corrected chi connectivity index (χ1v) is 12.7. The van der Waals surface area contributed by atoms with Crippen LogP contribution < -0.4 is 19.5 Å². The molecule has 1 unspecified atom stereocenters. The van der Waals surface area contributed by atoms with E-state index in [2.05, 4.69) is 5.32 Å². The van der Waals surface area contributed by atoms with Crippen molar-refractivity contribution < 1.29 is 23.8 Å². The highest BCUT2D eigenvalue weighted by Crippen LogP contribution is 2.36. The normalized spacial score (nSPS) is 17.4. The summed E-state index contributed by atoms with van der Waals surface area (Å²) < 4.78 is 16.1. The summed E-state index contributed by atoms with van der Waals surface area (Å²) in [6.07, 6.45) is 0.0378. The molecule has 190 valence electrons. The molecule has 0 spiro atoms. The van der Waals surface area contributed by atoms with Gasteiger partial charge in [0.1, 0.15) is 11.0 Å². The highest BCUT2D eigenvalue weighted by Gasteiger charge is 2.39. The Kier molecular flexibility index (Phi) is 7.05. The second kappa shape index (κ2) is 10.6. The Balaban J connectivity index is 1.37. The molecular weight excluding hydrogens is 490 g/mol. The third kappa shape index (κ3) is 5.56. The highest BCUT2D eigenvalue weighted by molar-refractivity contribution is 8.15. The van der Waals surface area contributed by atoms with Crippen molar-refractivity contribution in [3.63, 3.8) is 0 Å². The molecule has 0 saturated carbocycles. The van der Waals surface area contributed by atoms with Gasteiger partial charge in [0.15, 0.2) is 16.7 Å². The van der Waals surface area contributed by atoms with E-state index in [0.29, 0.717) is 28.9 Å². The molecule has 2 aliphatic heterocycles. The minimum Gasteiger partial charge on any atom is -0.497 e. The van der Waals surface area contributed by atoms with Crippen molar-refractivity contribution in [3.8, 4) is 17.2 Å². The minimum absolute atomic E-state index is 0.0378. The Labute approximate surface area is 219 Å². The number of carbonyl (C=O) groups is 2. The maximum atomic E-state index is 13.5. The molecule has 1 atom stereocenters. The molecule has 0 radical (unpaired) electrons. The number of nitrogens with zero attached hydrogens (tertiary/aromatic N) is 2. The second-order valence-electron chi connectivity index (χ2n) is 8.88. The zero-order valence-corrected chi connectivity index (χ0v) is 21.6. The van der Waals surface area contributed by atoms with Gasteiger partial charge in [0.25, 0.3) is 0 Å². The van der Waals surface area contributed by atoms with E-state index < -0.39 is 5.25 Å². The summed E-state index contributed by atoms with van der Waals surface area (Å²) in [5.41, 5.74) is 4.41. The van der Waals surface area contributed by atoms with E-state index in [1.165, 1.54) is 11.8 Å². The molecule has 0 aliphatic carbocycles. The highest BCUT2D eigenvalue weighted by atomic mass is 32.2. The van der Waals surface area contributed by atoms with Gasteiger partial charge < -0.3 is 19.5 Å². The van der Waals surface area contributed by atoms with Crippen molar-refractivity contribution in [1.29, 1.82) is 0 Å². The van der Waals surface area contributed by atoms with Gasteiger partial charge in [0.05, 0.1) is 19.3 Å². The minimum atomic E-state index is -0.586. The van der Waals surface area contributed by atoms with Crippen LogP contribution in [0.4, 0.5) is 11.4 Å². The largest absolute Gasteiger partial charge is 0.497 e. The Hall–Kier alpha value is -3.98. The summed E-state index contributed by atoms with van der Waals surface area (Å²) in [4.78, 5) is 32.8. The molecule has 1 fully saturated rings. The standard InChI is InChI=1S/C28H27N3O5S/c1-17-4-10-22(18(2)12-17)30-26(32)14-25-27(33)31(15-19-5-11-23-24(13-19)36-16-35-23)28(37-25)29-20-6-8-21(34-3)9-7-20/h4-13,25H,14-16H2,1-3H3,(H,30,32). The lowest BCUT2D eigenvalue weighted by molar-refractivity contribution is -0.128.